The molecule has 1 aromatic rings. The van der Waals surface area contributed by atoms with Gasteiger partial charge in [-0.05, 0) is 37.1 Å². The highest BCUT2D eigenvalue weighted by Crippen LogP contribution is 2.31. The summed E-state index contributed by atoms with van der Waals surface area (Å²) in [6, 6.07) is 5.82. The topological polar surface area (TPSA) is 55.5 Å². The predicted molar refractivity (Wildman–Crippen MR) is 73.2 cm³/mol. The fourth-order valence-corrected chi connectivity index (χ4v) is 2.03. The van der Waals surface area contributed by atoms with Crippen molar-refractivity contribution in [1.82, 2.24) is 0 Å². The van der Waals surface area contributed by atoms with Crippen molar-refractivity contribution in [1.29, 1.82) is 0 Å². The van der Waals surface area contributed by atoms with E-state index in [-0.39, 0.29) is 5.41 Å². The third-order valence-electron chi connectivity index (χ3n) is 3.32. The zero-order chi connectivity index (χ0) is 13.1. The van der Waals surface area contributed by atoms with Crippen molar-refractivity contribution in [2.45, 2.75) is 26.4 Å². The molecule has 4 heteroatoms. The highest BCUT2D eigenvalue weighted by atomic mass is 79.9. The Hall–Kier alpha value is -0.580. The van der Waals surface area contributed by atoms with Gasteiger partial charge in [0.25, 0.3) is 0 Å². The standard InChI is InChI=1S/C13H20BrNO2/c1-9(16)13(2,8-15)7-10-6-11(17-3)4-5-12(10)14/h4-6,9,16H,7-8,15H2,1-3H3. The quantitative estimate of drug-likeness (QED) is 0.878. The summed E-state index contributed by atoms with van der Waals surface area (Å²) >= 11 is 3.51. The predicted octanol–water partition coefficient (Wildman–Crippen LogP) is 2.35. The third-order valence-corrected chi connectivity index (χ3v) is 4.10. The van der Waals surface area contributed by atoms with Crippen molar-refractivity contribution in [2.24, 2.45) is 11.1 Å². The van der Waals surface area contributed by atoms with Crippen LogP contribution < -0.4 is 10.5 Å². The Morgan fingerprint density at radius 2 is 2.18 bits per heavy atom. The number of aliphatic hydroxyl groups is 1. The van der Waals surface area contributed by atoms with Gasteiger partial charge < -0.3 is 15.6 Å². The third kappa shape index (κ3) is 3.44. The van der Waals surface area contributed by atoms with Gasteiger partial charge in [0.2, 0.25) is 0 Å². The molecular weight excluding hydrogens is 282 g/mol. The van der Waals surface area contributed by atoms with E-state index in [1.54, 1.807) is 14.0 Å². The molecule has 0 saturated carbocycles. The molecule has 0 aromatic heterocycles. The highest BCUT2D eigenvalue weighted by Gasteiger charge is 2.29. The SMILES string of the molecule is COc1ccc(Br)c(CC(C)(CN)C(C)O)c1. The Bertz CT molecular complexity index is 382. The lowest BCUT2D eigenvalue weighted by Crippen LogP contribution is -2.39. The molecule has 2 atom stereocenters. The van der Waals surface area contributed by atoms with Crippen LogP contribution in [0.15, 0.2) is 22.7 Å². The summed E-state index contributed by atoms with van der Waals surface area (Å²) in [5, 5.41) is 9.82. The van der Waals surface area contributed by atoms with Crippen LogP contribution in [0.3, 0.4) is 0 Å². The van der Waals surface area contributed by atoms with Crippen molar-refractivity contribution < 1.29 is 9.84 Å². The Kier molecular flexibility index (Phi) is 4.98. The fraction of sp³-hybridized carbons (Fsp3) is 0.538. The van der Waals surface area contributed by atoms with E-state index in [9.17, 15) is 5.11 Å². The molecule has 0 aliphatic rings. The van der Waals surface area contributed by atoms with E-state index >= 15 is 0 Å². The maximum atomic E-state index is 9.82. The molecule has 0 amide bonds. The fourth-order valence-electron chi connectivity index (χ4n) is 1.64. The first-order chi connectivity index (χ1) is 7.92. The van der Waals surface area contributed by atoms with Gasteiger partial charge in [0, 0.05) is 16.4 Å². The second-order valence-corrected chi connectivity index (χ2v) is 5.52. The van der Waals surface area contributed by atoms with E-state index in [1.165, 1.54) is 0 Å². The number of hydrogen-bond acceptors (Lipinski definition) is 3. The molecule has 0 heterocycles. The number of rotatable bonds is 5. The minimum Gasteiger partial charge on any atom is -0.497 e. The summed E-state index contributed by atoms with van der Waals surface area (Å²) in [6.07, 6.45) is 0.254. The van der Waals surface area contributed by atoms with Crippen LogP contribution >= 0.6 is 15.9 Å². The zero-order valence-electron chi connectivity index (χ0n) is 10.5. The second-order valence-electron chi connectivity index (χ2n) is 4.67. The van der Waals surface area contributed by atoms with Gasteiger partial charge >= 0.3 is 0 Å². The van der Waals surface area contributed by atoms with E-state index < -0.39 is 6.10 Å². The maximum Gasteiger partial charge on any atom is 0.119 e. The maximum absolute atomic E-state index is 9.82. The molecule has 0 radical (unpaired) electrons. The number of aliphatic hydroxyl groups excluding tert-OH is 1. The van der Waals surface area contributed by atoms with Crippen LogP contribution in [0.4, 0.5) is 0 Å². The molecule has 0 aliphatic carbocycles. The summed E-state index contributed by atoms with van der Waals surface area (Å²) in [4.78, 5) is 0. The van der Waals surface area contributed by atoms with Crippen LogP contribution in [0.5, 0.6) is 5.75 Å². The molecule has 17 heavy (non-hydrogen) atoms. The van der Waals surface area contributed by atoms with Gasteiger partial charge in [0.1, 0.15) is 5.75 Å². The van der Waals surface area contributed by atoms with Crippen molar-refractivity contribution in [2.75, 3.05) is 13.7 Å². The molecule has 0 spiro atoms. The molecule has 96 valence electrons. The van der Waals surface area contributed by atoms with Crippen LogP contribution in [0.2, 0.25) is 0 Å². The van der Waals surface area contributed by atoms with Gasteiger partial charge in [-0.3, -0.25) is 0 Å². The number of nitrogens with two attached hydrogens (primary N) is 1. The number of halogens is 1. The normalized spacial score (nSPS) is 16.4. The minimum absolute atomic E-state index is 0.325. The zero-order valence-corrected chi connectivity index (χ0v) is 12.1. The van der Waals surface area contributed by atoms with E-state index in [0.717, 1.165) is 15.8 Å². The van der Waals surface area contributed by atoms with Crippen molar-refractivity contribution in [3.63, 3.8) is 0 Å². The van der Waals surface area contributed by atoms with Crippen molar-refractivity contribution in [3.8, 4) is 5.75 Å². The first kappa shape index (κ1) is 14.5. The van der Waals surface area contributed by atoms with Crippen LogP contribution in [0.1, 0.15) is 19.4 Å². The molecule has 3 N–H and O–H groups in total. The van der Waals surface area contributed by atoms with Gasteiger partial charge in [0.15, 0.2) is 0 Å². The summed E-state index contributed by atoms with van der Waals surface area (Å²) in [5.41, 5.74) is 6.54. The first-order valence-corrected chi connectivity index (χ1v) is 6.43. The van der Waals surface area contributed by atoms with E-state index in [0.29, 0.717) is 13.0 Å². The number of hydrogen-bond donors (Lipinski definition) is 2. The van der Waals surface area contributed by atoms with Gasteiger partial charge in [-0.2, -0.15) is 0 Å². The summed E-state index contributed by atoms with van der Waals surface area (Å²) in [5.74, 6) is 0.813. The van der Waals surface area contributed by atoms with Crippen molar-refractivity contribution in [3.05, 3.63) is 28.2 Å². The summed E-state index contributed by atoms with van der Waals surface area (Å²) in [6.45, 7) is 4.21. The molecule has 0 bridgehead atoms. The van der Waals surface area contributed by atoms with E-state index in [1.807, 2.05) is 25.1 Å². The van der Waals surface area contributed by atoms with Gasteiger partial charge in [-0.1, -0.05) is 22.9 Å². The molecule has 0 saturated heterocycles. The Labute approximate surface area is 111 Å². The monoisotopic (exact) mass is 301 g/mol. The van der Waals surface area contributed by atoms with Gasteiger partial charge in [-0.15, -0.1) is 0 Å². The molecule has 0 aliphatic heterocycles. The summed E-state index contributed by atoms with van der Waals surface area (Å²) < 4.78 is 6.22. The largest absolute Gasteiger partial charge is 0.497 e. The van der Waals surface area contributed by atoms with Crippen LogP contribution in [0.25, 0.3) is 0 Å². The average molecular weight is 302 g/mol. The van der Waals surface area contributed by atoms with Gasteiger partial charge in [0.05, 0.1) is 13.2 Å². The van der Waals surface area contributed by atoms with Crippen LogP contribution in [-0.4, -0.2) is 24.9 Å². The highest BCUT2D eigenvalue weighted by molar-refractivity contribution is 9.10. The molecule has 1 aromatic carbocycles. The number of methoxy groups -OCH3 is 1. The second kappa shape index (κ2) is 5.85. The Balaban J connectivity index is 3.00. The number of benzene rings is 1. The molecule has 3 nitrogen and oxygen atoms in total. The smallest absolute Gasteiger partial charge is 0.119 e. The molecule has 1 rings (SSSR count). The first-order valence-electron chi connectivity index (χ1n) is 5.63. The van der Waals surface area contributed by atoms with E-state index in [4.69, 9.17) is 10.5 Å². The van der Waals surface area contributed by atoms with Crippen molar-refractivity contribution >= 4 is 15.9 Å². The lowest BCUT2D eigenvalue weighted by Gasteiger charge is -2.31. The number of ether oxygens (including phenoxy) is 1. The Morgan fingerprint density at radius 3 is 2.65 bits per heavy atom. The van der Waals surface area contributed by atoms with E-state index in [2.05, 4.69) is 15.9 Å². The van der Waals surface area contributed by atoms with Crippen LogP contribution in [-0.2, 0) is 6.42 Å². The van der Waals surface area contributed by atoms with Gasteiger partial charge in [-0.25, -0.2) is 0 Å². The molecular formula is C13H20BrNO2. The Morgan fingerprint density at radius 1 is 1.53 bits per heavy atom. The lowest BCUT2D eigenvalue weighted by atomic mass is 9.79. The van der Waals surface area contributed by atoms with Crippen LogP contribution in [0, 0.1) is 5.41 Å². The average Bonchev–Trinajstić information content (AvgIpc) is 2.31. The summed E-state index contributed by atoms with van der Waals surface area (Å²) in [7, 11) is 1.64. The molecule has 2 unspecified atom stereocenters. The minimum atomic E-state index is -0.453. The molecule has 0 fully saturated rings. The lowest BCUT2D eigenvalue weighted by molar-refractivity contribution is 0.0587.